The fourth-order valence-corrected chi connectivity index (χ4v) is 4.11. The minimum atomic E-state index is 0. The van der Waals surface area contributed by atoms with Crippen LogP contribution in [0.25, 0.3) is 11.1 Å². The number of aryl methyl sites for hydroxylation is 1. The van der Waals surface area contributed by atoms with Crippen LogP contribution in [0.15, 0.2) is 65.8 Å². The molecule has 0 fully saturated rings. The first-order valence-electron chi connectivity index (χ1n) is 18.3. The number of hydrogen-bond acceptors (Lipinski definition) is 3. The van der Waals surface area contributed by atoms with Gasteiger partial charge in [-0.05, 0) is 102 Å². The van der Waals surface area contributed by atoms with Gasteiger partial charge < -0.3 is 10.6 Å². The van der Waals surface area contributed by atoms with Crippen molar-refractivity contribution in [3.63, 3.8) is 0 Å². The first-order valence-corrected chi connectivity index (χ1v) is 18.3. The number of nitrogens with zero attached hydrogens (tertiary/aromatic N) is 1. The summed E-state index contributed by atoms with van der Waals surface area (Å²) in [6, 6.07) is 17.5. The van der Waals surface area contributed by atoms with Gasteiger partial charge in [0.05, 0.1) is 0 Å². The Balaban J connectivity index is -0.000000183. The van der Waals surface area contributed by atoms with Gasteiger partial charge in [0.1, 0.15) is 0 Å². The highest BCUT2D eigenvalue weighted by Gasteiger charge is 2.02. The van der Waals surface area contributed by atoms with Gasteiger partial charge in [-0.25, -0.2) is 0 Å². The minimum Gasteiger partial charge on any atom is -0.323 e. The van der Waals surface area contributed by atoms with Crippen LogP contribution in [0.1, 0.15) is 152 Å². The fraction of sp³-hybridized carbons (Fsp3) is 0.651. The molecule has 0 heterocycles. The summed E-state index contributed by atoms with van der Waals surface area (Å²) in [5.41, 5.74) is 7.75. The molecule has 3 nitrogen and oxygen atoms in total. The first kappa shape index (κ1) is 53.3. The monoisotopic (exact) mass is 642 g/mol. The smallest absolute Gasteiger partial charge is 0.0331 e. The molecular weight excluding hydrogens is 558 g/mol. The second-order valence-electron chi connectivity index (χ2n) is 11.4. The van der Waals surface area contributed by atoms with E-state index in [2.05, 4.69) is 119 Å². The van der Waals surface area contributed by atoms with Gasteiger partial charge in [0, 0.05) is 11.4 Å². The van der Waals surface area contributed by atoms with Crippen molar-refractivity contribution < 1.29 is 0 Å². The highest BCUT2D eigenvalue weighted by molar-refractivity contribution is 5.82. The highest BCUT2D eigenvalue weighted by atomic mass is 14.8. The van der Waals surface area contributed by atoms with Crippen molar-refractivity contribution in [2.75, 3.05) is 27.7 Å². The number of hydrogen-bond donors (Lipinski definition) is 2. The van der Waals surface area contributed by atoms with E-state index in [9.17, 15) is 0 Å². The number of unbranched alkanes of at least 4 members (excludes halogenated alkanes) is 6. The largest absolute Gasteiger partial charge is 0.323 e. The SMILES string of the molecule is C.C=C(CCCC)N=C(C)CCCCCCCC.CC.CC.CCNC.CNC.Cc1ccccc1-c1ccc(CC(C)C)cc1. The van der Waals surface area contributed by atoms with E-state index >= 15 is 0 Å². The van der Waals surface area contributed by atoms with Crippen LogP contribution in [-0.4, -0.2) is 33.4 Å². The molecule has 0 unspecified atom stereocenters. The molecule has 0 aliphatic carbocycles. The Morgan fingerprint density at radius 2 is 1.22 bits per heavy atom. The number of nitrogens with one attached hydrogen (secondary N) is 2. The second kappa shape index (κ2) is 42.8. The van der Waals surface area contributed by atoms with E-state index in [1.807, 2.05) is 48.8 Å². The van der Waals surface area contributed by atoms with Gasteiger partial charge in [0.25, 0.3) is 0 Å². The summed E-state index contributed by atoms with van der Waals surface area (Å²) < 4.78 is 0. The Kier molecular flexibility index (Phi) is 49.5. The molecule has 0 aliphatic rings. The maximum absolute atomic E-state index is 4.57. The molecule has 2 N–H and O–H groups in total. The number of aliphatic imine (C=N–C) groups is 1. The van der Waals surface area contributed by atoms with E-state index in [0.717, 1.165) is 37.4 Å². The zero-order valence-corrected chi connectivity index (χ0v) is 32.8. The Morgan fingerprint density at radius 3 is 1.67 bits per heavy atom. The molecule has 270 valence electrons. The molecule has 2 aromatic carbocycles. The molecule has 2 rings (SSSR count). The van der Waals surface area contributed by atoms with E-state index in [1.165, 1.54) is 79.3 Å². The van der Waals surface area contributed by atoms with Crippen LogP contribution in [0.5, 0.6) is 0 Å². The van der Waals surface area contributed by atoms with Crippen molar-refractivity contribution in [2.45, 2.75) is 154 Å². The zero-order chi connectivity index (χ0) is 35.3. The van der Waals surface area contributed by atoms with Crippen LogP contribution in [0.4, 0.5) is 0 Å². The summed E-state index contributed by atoms with van der Waals surface area (Å²) in [4.78, 5) is 4.57. The molecule has 0 saturated heterocycles. The normalized spacial score (nSPS) is 9.67. The van der Waals surface area contributed by atoms with E-state index in [4.69, 9.17) is 0 Å². The predicted octanol–water partition coefficient (Wildman–Crippen LogP) is 13.5. The van der Waals surface area contributed by atoms with Gasteiger partial charge in [-0.1, -0.05) is 163 Å². The van der Waals surface area contributed by atoms with Gasteiger partial charge in [-0.15, -0.1) is 0 Å². The predicted molar refractivity (Wildman–Crippen MR) is 219 cm³/mol. The van der Waals surface area contributed by atoms with Gasteiger partial charge in [0.2, 0.25) is 0 Å². The van der Waals surface area contributed by atoms with Crippen LogP contribution >= 0.6 is 0 Å². The molecule has 0 aliphatic heterocycles. The third-order valence-corrected chi connectivity index (χ3v) is 6.47. The topological polar surface area (TPSA) is 36.4 Å². The molecule has 0 aromatic heterocycles. The van der Waals surface area contributed by atoms with Crippen molar-refractivity contribution in [1.82, 2.24) is 10.6 Å². The third-order valence-electron chi connectivity index (χ3n) is 6.47. The minimum absolute atomic E-state index is 0. The van der Waals surface area contributed by atoms with Gasteiger partial charge in [-0.2, -0.15) is 0 Å². The average molecular weight is 642 g/mol. The molecular formula is C43H83N3. The van der Waals surface area contributed by atoms with Crippen molar-refractivity contribution >= 4 is 5.71 Å². The van der Waals surface area contributed by atoms with E-state index in [1.54, 1.807) is 0 Å². The summed E-state index contributed by atoms with van der Waals surface area (Å²) >= 11 is 0. The summed E-state index contributed by atoms with van der Waals surface area (Å²) in [6.07, 6.45) is 14.0. The Hall–Kier alpha value is -2.23. The molecule has 0 saturated carbocycles. The van der Waals surface area contributed by atoms with Crippen molar-refractivity contribution in [2.24, 2.45) is 10.9 Å². The van der Waals surface area contributed by atoms with Crippen LogP contribution in [-0.2, 0) is 6.42 Å². The lowest BCUT2D eigenvalue weighted by Gasteiger charge is -2.08. The molecule has 3 heteroatoms. The van der Waals surface area contributed by atoms with Crippen LogP contribution in [0, 0.1) is 12.8 Å². The number of rotatable bonds is 15. The highest BCUT2D eigenvalue weighted by Crippen LogP contribution is 2.23. The fourth-order valence-electron chi connectivity index (χ4n) is 4.11. The molecule has 0 radical (unpaired) electrons. The van der Waals surface area contributed by atoms with Crippen molar-refractivity contribution in [3.05, 3.63) is 71.9 Å². The van der Waals surface area contributed by atoms with Gasteiger partial charge in [0.15, 0.2) is 0 Å². The quantitative estimate of drug-likeness (QED) is 0.150. The van der Waals surface area contributed by atoms with E-state index in [0.29, 0.717) is 0 Å². The Morgan fingerprint density at radius 1 is 0.739 bits per heavy atom. The number of allylic oxidation sites excluding steroid dienone is 1. The van der Waals surface area contributed by atoms with Crippen molar-refractivity contribution in [1.29, 1.82) is 0 Å². The first-order chi connectivity index (χ1) is 21.7. The molecule has 0 spiro atoms. The zero-order valence-electron chi connectivity index (χ0n) is 32.8. The lowest BCUT2D eigenvalue weighted by atomic mass is 9.97. The average Bonchev–Trinajstić information content (AvgIpc) is 3.05. The maximum Gasteiger partial charge on any atom is 0.0331 e. The van der Waals surface area contributed by atoms with E-state index < -0.39 is 0 Å². The molecule has 2 aromatic rings. The standard InChI is InChI=1S/C17H20.C16H31N.C3H9N.C2H7N.2C2H6.CH4/c1-13(2)12-15-8-10-16(11-9-15)17-7-5-4-6-14(17)3;1-5-7-9-10-11-12-14-16(4)17-15(3)13-8-6-2;1-3-4-2;1-3-2;2*1-2;/h4-11,13H,12H2,1-3H3;3,5-14H2,1-2,4H3;4H,3H2,1-2H3;3H,1-2H3;2*1-2H3;1H4. The Bertz CT molecular complexity index is 879. The van der Waals surface area contributed by atoms with Gasteiger partial charge >= 0.3 is 0 Å². The molecule has 0 atom stereocenters. The van der Waals surface area contributed by atoms with Crippen LogP contribution < -0.4 is 10.6 Å². The molecule has 0 bridgehead atoms. The molecule has 0 amide bonds. The van der Waals surface area contributed by atoms with Crippen molar-refractivity contribution in [3.8, 4) is 11.1 Å². The lowest BCUT2D eigenvalue weighted by molar-refractivity contribution is 0.615. The summed E-state index contributed by atoms with van der Waals surface area (Å²) in [5, 5.41) is 5.68. The Labute approximate surface area is 291 Å². The van der Waals surface area contributed by atoms with Gasteiger partial charge in [-0.3, -0.25) is 4.99 Å². The molecule has 46 heavy (non-hydrogen) atoms. The van der Waals surface area contributed by atoms with Crippen LogP contribution in [0.2, 0.25) is 0 Å². The number of benzene rings is 2. The summed E-state index contributed by atoms with van der Waals surface area (Å²) in [5.74, 6) is 0.722. The summed E-state index contributed by atoms with van der Waals surface area (Å²) in [7, 11) is 5.68. The van der Waals surface area contributed by atoms with E-state index in [-0.39, 0.29) is 7.43 Å². The third kappa shape index (κ3) is 36.2. The lowest BCUT2D eigenvalue weighted by Crippen LogP contribution is -2.01. The second-order valence-corrected chi connectivity index (χ2v) is 11.4. The summed E-state index contributed by atoms with van der Waals surface area (Å²) in [6.45, 7) is 28.4. The maximum atomic E-state index is 4.57. The van der Waals surface area contributed by atoms with Crippen LogP contribution in [0.3, 0.4) is 0 Å².